The van der Waals surface area contributed by atoms with Crippen molar-refractivity contribution in [3.8, 4) is 18.1 Å². The quantitative estimate of drug-likeness (QED) is 0.0413. The number of rotatable bonds is 17. The molecule has 7 N–H and O–H groups in total. The van der Waals surface area contributed by atoms with Gasteiger partial charge in [0.1, 0.15) is 25.0 Å². The predicted molar refractivity (Wildman–Crippen MR) is 166 cm³/mol. The molecule has 0 spiro atoms. The number of amides is 5. The Morgan fingerprint density at radius 1 is 1.00 bits per heavy atom. The molecule has 2 rings (SSSR count). The van der Waals surface area contributed by atoms with Gasteiger partial charge in [-0.2, -0.15) is 0 Å². The molecule has 2 atom stereocenters. The number of nitro groups is 1. The number of nitrogens with zero attached hydrogens (tertiary/aromatic N) is 1. The van der Waals surface area contributed by atoms with Crippen molar-refractivity contribution in [2.75, 3.05) is 18.5 Å². The van der Waals surface area contributed by atoms with E-state index in [1.807, 2.05) is 0 Å². The fraction of sp³-hybridized carbons (Fsp3) is 0.367. The lowest BCUT2D eigenvalue weighted by Crippen LogP contribution is -2.50. The molecule has 0 radical (unpaired) electrons. The van der Waals surface area contributed by atoms with Crippen LogP contribution < -0.4 is 32.2 Å². The van der Waals surface area contributed by atoms with Crippen LogP contribution in [0.25, 0.3) is 0 Å². The number of carbonyl (C=O) groups excluding carboxylic acids is 5. The molecule has 47 heavy (non-hydrogen) atoms. The first-order chi connectivity index (χ1) is 22.3. The summed E-state index contributed by atoms with van der Waals surface area (Å²) in [6.45, 7) is 3.06. The average molecular weight is 657 g/mol. The van der Waals surface area contributed by atoms with Gasteiger partial charge < -0.3 is 46.4 Å². The highest BCUT2D eigenvalue weighted by Gasteiger charge is 2.30. The third-order valence-corrected chi connectivity index (χ3v) is 6.22. The highest BCUT2D eigenvalue weighted by molar-refractivity contribution is 5.98. The molecule has 0 aliphatic heterocycles. The van der Waals surface area contributed by atoms with E-state index < -0.39 is 53.1 Å². The predicted octanol–water partition coefficient (Wildman–Crippen LogP) is 2.45. The number of nitrogens with two attached hydrogens (primary N) is 2. The summed E-state index contributed by atoms with van der Waals surface area (Å²) in [6, 6.07) is 7.56. The van der Waals surface area contributed by atoms with Crippen molar-refractivity contribution in [2.45, 2.75) is 52.0 Å². The molecular weight excluding hydrogens is 620 g/mol. The standard InChI is InChI=1S/C30H36N6O11/c1-4-14-44-16-20-15-21(8-7-19(20)17-45-30(41)46-23-11-9-22(10-12-23)36(42)43)34-26(37)24(6-5-13-33-28(31)39)35-27(38)25(18(2)3)47-29(32)40/h1,7-12,15,18,24-25H,5-6,13-14,16-17H2,2-3H3,(H2,32,40)(H,34,37)(H,35,38)(H3,31,33,39)/t24-,25-/m1/s1. The van der Waals surface area contributed by atoms with E-state index in [1.165, 1.54) is 30.3 Å². The van der Waals surface area contributed by atoms with Crippen LogP contribution in [0.1, 0.15) is 37.8 Å². The Morgan fingerprint density at radius 2 is 1.70 bits per heavy atom. The summed E-state index contributed by atoms with van der Waals surface area (Å²) in [4.78, 5) is 71.1. The number of hydrogen-bond donors (Lipinski definition) is 5. The van der Waals surface area contributed by atoms with Crippen LogP contribution >= 0.6 is 0 Å². The van der Waals surface area contributed by atoms with E-state index in [2.05, 4.69) is 21.9 Å². The maximum atomic E-state index is 13.3. The molecule has 0 saturated heterocycles. The Kier molecular flexibility index (Phi) is 14.9. The number of benzene rings is 2. The number of primary amides is 2. The molecule has 0 fully saturated rings. The van der Waals surface area contributed by atoms with E-state index >= 15 is 0 Å². The van der Waals surface area contributed by atoms with Crippen LogP contribution in [0, 0.1) is 28.4 Å². The van der Waals surface area contributed by atoms with Gasteiger partial charge in [-0.15, -0.1) is 6.42 Å². The Balaban J connectivity index is 2.19. The summed E-state index contributed by atoms with van der Waals surface area (Å²) in [5.74, 6) is 0.515. The van der Waals surface area contributed by atoms with Crippen molar-refractivity contribution in [3.63, 3.8) is 0 Å². The molecular formula is C30H36N6O11. The van der Waals surface area contributed by atoms with Crippen molar-refractivity contribution >= 4 is 41.5 Å². The zero-order chi connectivity index (χ0) is 34.9. The van der Waals surface area contributed by atoms with Gasteiger partial charge in [0.05, 0.1) is 11.5 Å². The third-order valence-electron chi connectivity index (χ3n) is 6.22. The number of anilines is 1. The smallest absolute Gasteiger partial charge is 0.436 e. The third kappa shape index (κ3) is 13.3. The second-order valence-corrected chi connectivity index (χ2v) is 10.2. The van der Waals surface area contributed by atoms with Gasteiger partial charge in [-0.05, 0) is 54.2 Å². The van der Waals surface area contributed by atoms with Crippen LogP contribution in [0.4, 0.5) is 25.8 Å². The molecule has 2 aromatic rings. The Hall–Kier alpha value is -5.89. The number of urea groups is 1. The molecule has 0 aliphatic carbocycles. The number of carbonyl (C=O) groups is 5. The average Bonchev–Trinajstić information content (AvgIpc) is 3.00. The molecule has 0 aliphatic rings. The highest BCUT2D eigenvalue weighted by atomic mass is 16.7. The summed E-state index contributed by atoms with van der Waals surface area (Å²) in [7, 11) is 0. The van der Waals surface area contributed by atoms with Crippen LogP contribution in [-0.4, -0.2) is 60.3 Å². The normalized spacial score (nSPS) is 11.7. The lowest BCUT2D eigenvalue weighted by molar-refractivity contribution is -0.384. The number of ether oxygens (including phenoxy) is 4. The summed E-state index contributed by atoms with van der Waals surface area (Å²) < 4.78 is 20.6. The van der Waals surface area contributed by atoms with Crippen molar-refractivity contribution in [2.24, 2.45) is 17.4 Å². The zero-order valence-electron chi connectivity index (χ0n) is 25.7. The van der Waals surface area contributed by atoms with E-state index in [0.717, 1.165) is 0 Å². The van der Waals surface area contributed by atoms with Crippen molar-refractivity contribution in [1.29, 1.82) is 0 Å². The summed E-state index contributed by atoms with van der Waals surface area (Å²) in [5, 5.41) is 18.5. The molecule has 0 unspecified atom stereocenters. The number of nitro benzene ring substituents is 1. The van der Waals surface area contributed by atoms with Crippen LogP contribution in [-0.2, 0) is 37.0 Å². The Labute approximate surface area is 269 Å². The minimum Gasteiger partial charge on any atom is -0.436 e. The second kappa shape index (κ2) is 18.8. The first-order valence-electron chi connectivity index (χ1n) is 14.1. The largest absolute Gasteiger partial charge is 0.514 e. The lowest BCUT2D eigenvalue weighted by Gasteiger charge is -2.24. The molecule has 0 bridgehead atoms. The molecule has 0 heterocycles. The Bertz CT molecular complexity index is 1470. The van der Waals surface area contributed by atoms with E-state index in [-0.39, 0.29) is 56.3 Å². The van der Waals surface area contributed by atoms with Gasteiger partial charge in [-0.3, -0.25) is 19.7 Å². The van der Waals surface area contributed by atoms with E-state index in [4.69, 9.17) is 36.8 Å². The van der Waals surface area contributed by atoms with Gasteiger partial charge in [0.2, 0.25) is 5.91 Å². The van der Waals surface area contributed by atoms with E-state index in [0.29, 0.717) is 11.1 Å². The minimum atomic E-state index is -1.27. The van der Waals surface area contributed by atoms with Gasteiger partial charge in [-0.1, -0.05) is 25.8 Å². The van der Waals surface area contributed by atoms with Crippen LogP contribution in [0.2, 0.25) is 0 Å². The highest BCUT2D eigenvalue weighted by Crippen LogP contribution is 2.21. The van der Waals surface area contributed by atoms with Crippen molar-refractivity contribution < 1.29 is 47.8 Å². The van der Waals surface area contributed by atoms with Crippen molar-refractivity contribution in [3.05, 3.63) is 63.7 Å². The van der Waals surface area contributed by atoms with Crippen LogP contribution in [0.15, 0.2) is 42.5 Å². The minimum absolute atomic E-state index is 0.0243. The van der Waals surface area contributed by atoms with Gasteiger partial charge in [-0.25, -0.2) is 14.4 Å². The van der Waals surface area contributed by atoms with Gasteiger partial charge in [0, 0.05) is 24.4 Å². The summed E-state index contributed by atoms with van der Waals surface area (Å²) in [5.41, 5.74) is 11.3. The molecule has 5 amide bonds. The fourth-order valence-corrected chi connectivity index (χ4v) is 3.98. The molecule has 17 heteroatoms. The van der Waals surface area contributed by atoms with Crippen molar-refractivity contribution in [1.82, 2.24) is 10.6 Å². The molecule has 0 saturated carbocycles. The number of non-ortho nitro benzene ring substituents is 1. The summed E-state index contributed by atoms with van der Waals surface area (Å²) in [6.07, 6.45) is 2.10. The molecule has 0 aromatic heterocycles. The Morgan fingerprint density at radius 3 is 2.30 bits per heavy atom. The number of terminal acetylenes is 1. The maximum Gasteiger partial charge on any atom is 0.514 e. The maximum absolute atomic E-state index is 13.3. The second-order valence-electron chi connectivity index (χ2n) is 10.2. The lowest BCUT2D eigenvalue weighted by atomic mass is 10.0. The van der Waals surface area contributed by atoms with Gasteiger partial charge in [0.15, 0.2) is 6.10 Å². The van der Waals surface area contributed by atoms with E-state index in [9.17, 15) is 34.1 Å². The SMILES string of the molecule is C#CCOCc1cc(NC(=O)[C@@H](CCCNC(N)=O)NC(=O)[C@H](OC(N)=O)C(C)C)ccc1COC(=O)Oc1ccc([N+](=O)[O-])cc1. The van der Waals surface area contributed by atoms with E-state index in [1.54, 1.807) is 26.0 Å². The molecule has 2 aromatic carbocycles. The van der Waals surface area contributed by atoms with Gasteiger partial charge >= 0.3 is 18.3 Å². The zero-order valence-corrected chi connectivity index (χ0v) is 25.7. The first-order valence-corrected chi connectivity index (χ1v) is 14.1. The monoisotopic (exact) mass is 656 g/mol. The first kappa shape index (κ1) is 37.3. The van der Waals surface area contributed by atoms with Crippen LogP contribution in [0.3, 0.4) is 0 Å². The summed E-state index contributed by atoms with van der Waals surface area (Å²) >= 11 is 0. The number of nitrogens with one attached hydrogen (secondary N) is 3. The molecule has 252 valence electrons. The van der Waals surface area contributed by atoms with Gasteiger partial charge in [0.25, 0.3) is 11.6 Å². The topological polar surface area (TPSA) is 254 Å². The fourth-order valence-electron chi connectivity index (χ4n) is 3.98. The number of hydrogen-bond acceptors (Lipinski definition) is 11. The molecule has 17 nitrogen and oxygen atoms in total. The van der Waals surface area contributed by atoms with Crippen LogP contribution in [0.5, 0.6) is 5.75 Å².